The van der Waals surface area contributed by atoms with Crippen molar-refractivity contribution in [2.45, 2.75) is 12.5 Å². The molecule has 1 heterocycles. The monoisotopic (exact) mass is 318 g/mol. The number of hydrogen-bond donors (Lipinski definition) is 0. The highest BCUT2D eigenvalue weighted by Crippen LogP contribution is 2.35. The predicted octanol–water partition coefficient (Wildman–Crippen LogP) is 4.22. The Morgan fingerprint density at radius 1 is 1.00 bits per heavy atom. The van der Waals surface area contributed by atoms with E-state index in [2.05, 4.69) is 41.3 Å². The van der Waals surface area contributed by atoms with Crippen molar-refractivity contribution in [1.82, 2.24) is 0 Å². The van der Waals surface area contributed by atoms with Gasteiger partial charge in [0.2, 0.25) is 6.54 Å². The van der Waals surface area contributed by atoms with Crippen molar-refractivity contribution in [3.63, 3.8) is 0 Å². The summed E-state index contributed by atoms with van der Waals surface area (Å²) in [6.45, 7) is 0.720. The molecule has 1 aliphatic heterocycles. The minimum atomic E-state index is -0.217. The van der Waals surface area contributed by atoms with Crippen molar-refractivity contribution >= 4 is 16.5 Å². The molecule has 4 rings (SSSR count). The van der Waals surface area contributed by atoms with Crippen LogP contribution in [0.25, 0.3) is 10.8 Å². The number of anilines is 1. The van der Waals surface area contributed by atoms with Crippen molar-refractivity contribution < 1.29 is 4.92 Å². The largest absolute Gasteiger partial charge is 0.358 e. The lowest BCUT2D eigenvalue weighted by molar-refractivity contribution is -0.483. The highest BCUT2D eigenvalue weighted by molar-refractivity contribution is 5.86. The summed E-state index contributed by atoms with van der Waals surface area (Å²) < 4.78 is 0. The lowest BCUT2D eigenvalue weighted by Gasteiger charge is -2.37. The van der Waals surface area contributed by atoms with Crippen LogP contribution in [0, 0.1) is 10.1 Å². The first kappa shape index (κ1) is 14.7. The number of hydrogen-bond acceptors (Lipinski definition) is 3. The van der Waals surface area contributed by atoms with Gasteiger partial charge in [0.1, 0.15) is 6.04 Å². The van der Waals surface area contributed by atoms with E-state index in [1.54, 1.807) is 0 Å². The van der Waals surface area contributed by atoms with Crippen molar-refractivity contribution in [1.29, 1.82) is 0 Å². The smallest absolute Gasteiger partial charge is 0.228 e. The van der Waals surface area contributed by atoms with E-state index in [0.29, 0.717) is 0 Å². The Hall–Kier alpha value is -2.88. The van der Waals surface area contributed by atoms with Gasteiger partial charge >= 0.3 is 0 Å². The molecule has 0 radical (unpaired) electrons. The second-order valence-electron chi connectivity index (χ2n) is 6.20. The average molecular weight is 318 g/mol. The van der Waals surface area contributed by atoms with Gasteiger partial charge < -0.3 is 4.90 Å². The normalized spacial score (nSPS) is 16.8. The molecule has 1 atom stereocenters. The molecule has 1 aliphatic rings. The molecule has 0 amide bonds. The first-order valence-corrected chi connectivity index (χ1v) is 8.17. The molecular weight excluding hydrogens is 300 g/mol. The maximum atomic E-state index is 11.2. The SMILES string of the molecule is O=[N+]([O-])CC1c2ccccc2CCN1c1ccc2ccccc2c1. The highest BCUT2D eigenvalue weighted by Gasteiger charge is 2.31. The second kappa shape index (κ2) is 5.96. The molecule has 0 saturated carbocycles. The molecule has 0 aliphatic carbocycles. The van der Waals surface area contributed by atoms with Crippen LogP contribution < -0.4 is 4.90 Å². The van der Waals surface area contributed by atoms with Crippen molar-refractivity contribution in [3.8, 4) is 0 Å². The second-order valence-corrected chi connectivity index (χ2v) is 6.20. The zero-order valence-corrected chi connectivity index (χ0v) is 13.3. The molecule has 0 bridgehead atoms. The Morgan fingerprint density at radius 3 is 2.58 bits per heavy atom. The number of nitrogens with zero attached hydrogens (tertiary/aromatic N) is 2. The summed E-state index contributed by atoms with van der Waals surface area (Å²) >= 11 is 0. The van der Waals surface area contributed by atoms with Crippen LogP contribution in [0.4, 0.5) is 5.69 Å². The minimum Gasteiger partial charge on any atom is -0.358 e. The molecule has 24 heavy (non-hydrogen) atoms. The van der Waals surface area contributed by atoms with Gasteiger partial charge in [-0.05, 0) is 40.5 Å². The van der Waals surface area contributed by atoms with Gasteiger partial charge in [0.05, 0.1) is 0 Å². The Balaban J connectivity index is 1.78. The summed E-state index contributed by atoms with van der Waals surface area (Å²) in [6.07, 6.45) is 0.914. The van der Waals surface area contributed by atoms with E-state index in [4.69, 9.17) is 0 Å². The lowest BCUT2D eigenvalue weighted by atomic mass is 9.92. The third kappa shape index (κ3) is 2.60. The Labute approximate surface area is 140 Å². The fraction of sp³-hybridized carbons (Fsp3) is 0.200. The average Bonchev–Trinajstić information content (AvgIpc) is 2.61. The summed E-state index contributed by atoms with van der Waals surface area (Å²) in [6, 6.07) is 22.4. The first-order valence-electron chi connectivity index (χ1n) is 8.17. The summed E-state index contributed by atoms with van der Waals surface area (Å²) in [5.74, 6) is 0. The first-order chi connectivity index (χ1) is 11.7. The molecule has 1 unspecified atom stereocenters. The fourth-order valence-electron chi connectivity index (χ4n) is 3.65. The summed E-state index contributed by atoms with van der Waals surface area (Å²) in [4.78, 5) is 13.2. The van der Waals surface area contributed by atoms with Crippen LogP contribution in [0.3, 0.4) is 0 Å². The molecule has 3 aromatic rings. The molecule has 4 heteroatoms. The molecule has 0 spiro atoms. The van der Waals surface area contributed by atoms with Gasteiger partial charge in [0, 0.05) is 17.2 Å². The Morgan fingerprint density at radius 2 is 1.75 bits per heavy atom. The van der Waals surface area contributed by atoms with E-state index in [1.165, 1.54) is 10.9 Å². The van der Waals surface area contributed by atoms with Crippen LogP contribution >= 0.6 is 0 Å². The van der Waals surface area contributed by atoms with Gasteiger partial charge in [-0.15, -0.1) is 0 Å². The zero-order valence-electron chi connectivity index (χ0n) is 13.3. The van der Waals surface area contributed by atoms with Crippen LogP contribution in [-0.2, 0) is 6.42 Å². The molecular formula is C20H18N2O2. The van der Waals surface area contributed by atoms with Crippen LogP contribution in [0.1, 0.15) is 17.2 Å². The predicted molar refractivity (Wildman–Crippen MR) is 96.0 cm³/mol. The van der Waals surface area contributed by atoms with Crippen molar-refractivity contribution in [2.75, 3.05) is 18.0 Å². The maximum absolute atomic E-state index is 11.2. The van der Waals surface area contributed by atoms with Gasteiger partial charge in [-0.25, -0.2) is 0 Å². The molecule has 3 aromatic carbocycles. The van der Waals surface area contributed by atoms with Gasteiger partial charge in [-0.3, -0.25) is 10.1 Å². The summed E-state index contributed by atoms with van der Waals surface area (Å²) in [7, 11) is 0. The van der Waals surface area contributed by atoms with Crippen LogP contribution in [-0.4, -0.2) is 18.0 Å². The van der Waals surface area contributed by atoms with Crippen LogP contribution in [0.5, 0.6) is 0 Å². The van der Waals surface area contributed by atoms with Gasteiger partial charge in [-0.2, -0.15) is 0 Å². The molecule has 0 saturated heterocycles. The maximum Gasteiger partial charge on any atom is 0.228 e. The molecule has 0 aromatic heterocycles. The van der Waals surface area contributed by atoms with E-state index >= 15 is 0 Å². The Bertz CT molecular complexity index is 907. The summed E-state index contributed by atoms with van der Waals surface area (Å²) in [5.41, 5.74) is 3.35. The van der Waals surface area contributed by atoms with E-state index in [-0.39, 0.29) is 17.5 Å². The van der Waals surface area contributed by atoms with Gasteiger partial charge in [-0.1, -0.05) is 54.6 Å². The van der Waals surface area contributed by atoms with E-state index in [1.807, 2.05) is 30.3 Å². The fourth-order valence-corrected chi connectivity index (χ4v) is 3.65. The van der Waals surface area contributed by atoms with Gasteiger partial charge in [0.25, 0.3) is 0 Å². The number of fused-ring (bicyclic) bond motifs is 2. The van der Waals surface area contributed by atoms with E-state index < -0.39 is 0 Å². The molecule has 0 fully saturated rings. The highest BCUT2D eigenvalue weighted by atomic mass is 16.6. The van der Waals surface area contributed by atoms with E-state index in [0.717, 1.165) is 29.6 Å². The zero-order chi connectivity index (χ0) is 16.5. The summed E-state index contributed by atoms with van der Waals surface area (Å²) in [5, 5.41) is 13.6. The lowest BCUT2D eigenvalue weighted by Crippen LogP contribution is -2.39. The molecule has 120 valence electrons. The van der Waals surface area contributed by atoms with Crippen LogP contribution in [0.15, 0.2) is 66.7 Å². The standard InChI is InChI=1S/C20H18N2O2/c23-22(24)14-20-19-8-4-3-6-16(19)11-12-21(20)18-10-9-15-5-1-2-7-17(15)13-18/h1-10,13,20H,11-12,14H2. The van der Waals surface area contributed by atoms with E-state index in [9.17, 15) is 10.1 Å². The van der Waals surface area contributed by atoms with Crippen molar-refractivity contribution in [3.05, 3.63) is 88.0 Å². The molecule has 4 nitrogen and oxygen atoms in total. The quantitative estimate of drug-likeness (QED) is 0.536. The Kier molecular flexibility index (Phi) is 3.65. The third-order valence-electron chi connectivity index (χ3n) is 4.80. The van der Waals surface area contributed by atoms with Crippen LogP contribution in [0.2, 0.25) is 0 Å². The molecule has 0 N–H and O–H groups in total. The number of rotatable bonds is 3. The topological polar surface area (TPSA) is 46.4 Å². The third-order valence-corrected chi connectivity index (χ3v) is 4.80. The number of nitro groups is 1. The minimum absolute atomic E-state index is 0.0795. The van der Waals surface area contributed by atoms with Crippen molar-refractivity contribution in [2.24, 2.45) is 0 Å². The number of benzene rings is 3. The van der Waals surface area contributed by atoms with Gasteiger partial charge in [0.15, 0.2) is 0 Å².